The number of aromatic hydroxyl groups is 1. The number of carbonyl (C=O) groups excluding carboxylic acids is 1. The molecule has 0 aliphatic rings. The molecule has 2 N–H and O–H groups in total. The molecule has 0 atom stereocenters. The van der Waals surface area contributed by atoms with Gasteiger partial charge in [-0.05, 0) is 30.3 Å². The molecular weight excluding hydrogens is 328 g/mol. The number of anilines is 1. The van der Waals surface area contributed by atoms with Crippen LogP contribution in [0.5, 0.6) is 5.75 Å². The van der Waals surface area contributed by atoms with Crippen LogP contribution >= 0.6 is 0 Å². The second-order valence-electron chi connectivity index (χ2n) is 5.12. The maximum absolute atomic E-state index is 12.5. The fourth-order valence-corrected chi connectivity index (χ4v) is 3.80. The zero-order valence-corrected chi connectivity index (χ0v) is 14.4. The van der Waals surface area contributed by atoms with Crippen molar-refractivity contribution in [3.63, 3.8) is 0 Å². The number of hydrogen-bond donors (Lipinski definition) is 2. The minimum Gasteiger partial charge on any atom is -0.508 e. The first-order valence-corrected chi connectivity index (χ1v) is 9.03. The highest BCUT2D eigenvalue weighted by Gasteiger charge is 2.22. The molecule has 2 aromatic rings. The van der Waals surface area contributed by atoms with Gasteiger partial charge in [-0.15, -0.1) is 0 Å². The number of rotatable bonds is 6. The molecule has 0 spiro atoms. The van der Waals surface area contributed by atoms with Crippen LogP contribution < -0.4 is 5.32 Å². The van der Waals surface area contributed by atoms with Crippen molar-refractivity contribution in [2.45, 2.75) is 18.7 Å². The van der Waals surface area contributed by atoms with Crippen molar-refractivity contribution >= 4 is 21.6 Å². The quantitative estimate of drug-likeness (QED) is 0.840. The van der Waals surface area contributed by atoms with E-state index in [-0.39, 0.29) is 16.2 Å². The van der Waals surface area contributed by atoms with Crippen molar-refractivity contribution in [1.29, 1.82) is 0 Å². The maximum atomic E-state index is 12.5. The van der Waals surface area contributed by atoms with E-state index < -0.39 is 15.9 Å². The summed E-state index contributed by atoms with van der Waals surface area (Å²) in [5.41, 5.74) is 0.656. The first-order chi connectivity index (χ1) is 11.4. The van der Waals surface area contributed by atoms with Gasteiger partial charge in [0.25, 0.3) is 5.91 Å². The Hall–Kier alpha value is -2.38. The van der Waals surface area contributed by atoms with Gasteiger partial charge in [-0.25, -0.2) is 8.42 Å². The van der Waals surface area contributed by atoms with Gasteiger partial charge in [-0.3, -0.25) is 4.79 Å². The van der Waals surface area contributed by atoms with Crippen LogP contribution in [0, 0.1) is 0 Å². The van der Waals surface area contributed by atoms with Gasteiger partial charge in [-0.2, -0.15) is 4.31 Å². The van der Waals surface area contributed by atoms with Crippen molar-refractivity contribution in [2.24, 2.45) is 0 Å². The Labute approximate surface area is 141 Å². The van der Waals surface area contributed by atoms with Gasteiger partial charge in [0.1, 0.15) is 5.75 Å². The lowest BCUT2D eigenvalue weighted by molar-refractivity contribution is 0.102. The normalized spacial score (nSPS) is 11.5. The Balaban J connectivity index is 2.28. The van der Waals surface area contributed by atoms with Gasteiger partial charge in [0.2, 0.25) is 10.0 Å². The van der Waals surface area contributed by atoms with Crippen LogP contribution in [-0.2, 0) is 10.0 Å². The molecule has 6 nitrogen and oxygen atoms in total. The molecular formula is C17H20N2O4S. The molecule has 0 saturated carbocycles. The third-order valence-corrected chi connectivity index (χ3v) is 5.59. The number of amides is 1. The zero-order valence-electron chi connectivity index (χ0n) is 13.6. The second kappa shape index (κ2) is 7.46. The van der Waals surface area contributed by atoms with Crippen LogP contribution in [0.25, 0.3) is 0 Å². The molecule has 0 bridgehead atoms. The van der Waals surface area contributed by atoms with E-state index in [9.17, 15) is 18.3 Å². The molecule has 0 aliphatic heterocycles. The lowest BCUT2D eigenvalue weighted by Gasteiger charge is -2.18. The van der Waals surface area contributed by atoms with E-state index in [0.717, 1.165) is 0 Å². The lowest BCUT2D eigenvalue weighted by atomic mass is 10.2. The third kappa shape index (κ3) is 3.93. The fourth-order valence-electron chi connectivity index (χ4n) is 2.30. The van der Waals surface area contributed by atoms with Crippen molar-refractivity contribution in [3.05, 3.63) is 54.1 Å². The van der Waals surface area contributed by atoms with E-state index in [1.807, 2.05) is 0 Å². The maximum Gasteiger partial charge on any atom is 0.255 e. The standard InChI is InChI=1S/C17H20N2O4S/c1-3-19(4-2)24(22,23)16-10-5-7-13(11-16)17(21)18-14-8-6-9-15(20)12-14/h5-12,20H,3-4H2,1-2H3,(H,18,21). The summed E-state index contributed by atoms with van der Waals surface area (Å²) in [6.07, 6.45) is 0. The molecule has 0 aliphatic carbocycles. The minimum absolute atomic E-state index is 0.0330. The van der Waals surface area contributed by atoms with E-state index in [1.54, 1.807) is 32.0 Å². The molecule has 0 radical (unpaired) electrons. The SMILES string of the molecule is CCN(CC)S(=O)(=O)c1cccc(C(=O)Nc2cccc(O)c2)c1. The number of nitrogens with zero attached hydrogens (tertiary/aromatic N) is 1. The first-order valence-electron chi connectivity index (χ1n) is 7.59. The average molecular weight is 348 g/mol. The largest absolute Gasteiger partial charge is 0.508 e. The van der Waals surface area contributed by atoms with Crippen molar-refractivity contribution < 1.29 is 18.3 Å². The highest BCUT2D eigenvalue weighted by molar-refractivity contribution is 7.89. The molecule has 0 aromatic heterocycles. The Morgan fingerprint density at radius 1 is 1.08 bits per heavy atom. The van der Waals surface area contributed by atoms with Crippen LogP contribution in [0.1, 0.15) is 24.2 Å². The predicted molar refractivity (Wildman–Crippen MR) is 92.6 cm³/mol. The van der Waals surface area contributed by atoms with E-state index in [1.165, 1.54) is 34.6 Å². The molecule has 2 rings (SSSR count). The highest BCUT2D eigenvalue weighted by atomic mass is 32.2. The van der Waals surface area contributed by atoms with Crippen LogP contribution in [0.2, 0.25) is 0 Å². The van der Waals surface area contributed by atoms with Gasteiger partial charge in [0, 0.05) is 30.4 Å². The van der Waals surface area contributed by atoms with Gasteiger partial charge in [0.15, 0.2) is 0 Å². The summed E-state index contributed by atoms with van der Waals surface area (Å²) >= 11 is 0. The Morgan fingerprint density at radius 3 is 2.38 bits per heavy atom. The number of phenolic OH excluding ortho intramolecular Hbond substituents is 1. The molecule has 0 unspecified atom stereocenters. The molecule has 24 heavy (non-hydrogen) atoms. The molecule has 128 valence electrons. The molecule has 0 heterocycles. The second-order valence-corrected chi connectivity index (χ2v) is 7.06. The Bertz CT molecular complexity index is 830. The minimum atomic E-state index is -3.62. The summed E-state index contributed by atoms with van der Waals surface area (Å²) < 4.78 is 26.4. The molecule has 1 amide bonds. The van der Waals surface area contributed by atoms with Crippen molar-refractivity contribution in [2.75, 3.05) is 18.4 Å². The lowest BCUT2D eigenvalue weighted by Crippen LogP contribution is -2.30. The Morgan fingerprint density at radius 2 is 1.75 bits per heavy atom. The number of phenols is 1. The zero-order chi connectivity index (χ0) is 17.7. The number of carbonyl (C=O) groups is 1. The monoisotopic (exact) mass is 348 g/mol. The van der Waals surface area contributed by atoms with Crippen molar-refractivity contribution in [3.8, 4) is 5.75 Å². The number of hydrogen-bond acceptors (Lipinski definition) is 4. The molecule has 7 heteroatoms. The number of sulfonamides is 1. The smallest absolute Gasteiger partial charge is 0.255 e. The number of nitrogens with one attached hydrogen (secondary N) is 1. The van der Waals surface area contributed by atoms with Gasteiger partial charge >= 0.3 is 0 Å². The summed E-state index contributed by atoms with van der Waals surface area (Å²) in [5.74, 6) is -0.414. The van der Waals surface area contributed by atoms with E-state index in [0.29, 0.717) is 18.8 Å². The summed E-state index contributed by atoms with van der Waals surface area (Å²) in [5, 5.41) is 12.1. The summed E-state index contributed by atoms with van der Waals surface area (Å²) in [6.45, 7) is 4.25. The van der Waals surface area contributed by atoms with Crippen LogP contribution in [0.3, 0.4) is 0 Å². The topological polar surface area (TPSA) is 86.7 Å². The van der Waals surface area contributed by atoms with Gasteiger partial charge < -0.3 is 10.4 Å². The van der Waals surface area contributed by atoms with E-state index in [2.05, 4.69) is 5.32 Å². The third-order valence-electron chi connectivity index (χ3n) is 3.54. The van der Waals surface area contributed by atoms with Gasteiger partial charge in [0.05, 0.1) is 4.90 Å². The summed E-state index contributed by atoms with van der Waals surface area (Å²) in [4.78, 5) is 12.4. The average Bonchev–Trinajstić information content (AvgIpc) is 2.56. The fraction of sp³-hybridized carbons (Fsp3) is 0.235. The summed E-state index contributed by atoms with van der Waals surface area (Å²) in [6, 6.07) is 12.0. The van der Waals surface area contributed by atoms with E-state index in [4.69, 9.17) is 0 Å². The molecule has 0 saturated heterocycles. The molecule has 0 fully saturated rings. The van der Waals surface area contributed by atoms with Gasteiger partial charge in [-0.1, -0.05) is 26.0 Å². The van der Waals surface area contributed by atoms with Crippen molar-refractivity contribution in [1.82, 2.24) is 4.31 Å². The number of benzene rings is 2. The predicted octanol–water partition coefficient (Wildman–Crippen LogP) is 2.68. The first kappa shape index (κ1) is 18.0. The summed E-state index contributed by atoms with van der Waals surface area (Å²) in [7, 11) is -3.62. The van der Waals surface area contributed by atoms with E-state index >= 15 is 0 Å². The van der Waals surface area contributed by atoms with Crippen LogP contribution in [0.15, 0.2) is 53.4 Å². The molecule has 2 aromatic carbocycles. The van der Waals surface area contributed by atoms with Crippen LogP contribution in [-0.4, -0.2) is 36.8 Å². The van der Waals surface area contributed by atoms with Crippen LogP contribution in [0.4, 0.5) is 5.69 Å². The highest BCUT2D eigenvalue weighted by Crippen LogP contribution is 2.19. The Kier molecular flexibility index (Phi) is 5.58.